The third-order valence-electron chi connectivity index (χ3n) is 3.28. The van der Waals surface area contributed by atoms with Crippen LogP contribution in [0.4, 0.5) is 13.2 Å². The largest absolute Gasteiger partial charge is 0.434 e. The number of ether oxygens (including phenoxy) is 1. The summed E-state index contributed by atoms with van der Waals surface area (Å²) in [5.41, 5.74) is -0.968. The summed E-state index contributed by atoms with van der Waals surface area (Å²) < 4.78 is 44.5. The molecule has 1 saturated heterocycles. The first kappa shape index (κ1) is 16.7. The maximum atomic E-state index is 13.1. The van der Waals surface area contributed by atoms with Crippen LogP contribution in [0.15, 0.2) is 0 Å². The molecule has 1 fully saturated rings. The quantitative estimate of drug-likeness (QED) is 0.919. The Labute approximate surface area is 126 Å². The molecule has 2 heterocycles. The van der Waals surface area contributed by atoms with Crippen molar-refractivity contribution in [2.45, 2.75) is 51.9 Å². The van der Waals surface area contributed by atoms with Gasteiger partial charge in [0.15, 0.2) is 5.69 Å². The van der Waals surface area contributed by atoms with Crippen molar-refractivity contribution in [1.29, 1.82) is 0 Å². The molecule has 0 radical (unpaired) electrons. The van der Waals surface area contributed by atoms with Crippen molar-refractivity contribution in [1.82, 2.24) is 10.3 Å². The Morgan fingerprint density at radius 1 is 1.33 bits per heavy atom. The number of nitrogens with one attached hydrogen (secondary N) is 1. The molecule has 120 valence electrons. The van der Waals surface area contributed by atoms with Gasteiger partial charge in [-0.3, -0.25) is 0 Å². The molecule has 1 aromatic rings. The minimum Gasteiger partial charge on any atom is -0.381 e. The summed E-state index contributed by atoms with van der Waals surface area (Å²) in [4.78, 5) is 4.11. The first-order chi connectivity index (χ1) is 9.65. The Hall–Kier alpha value is -0.660. The predicted molar refractivity (Wildman–Crippen MR) is 76.3 cm³/mol. The van der Waals surface area contributed by atoms with Crippen LogP contribution in [0.25, 0.3) is 0 Å². The van der Waals surface area contributed by atoms with E-state index in [2.05, 4.69) is 10.3 Å². The fourth-order valence-corrected chi connectivity index (χ4v) is 3.31. The molecule has 0 aromatic carbocycles. The molecule has 1 atom stereocenters. The highest BCUT2D eigenvalue weighted by atomic mass is 32.1. The number of rotatable bonds is 4. The van der Waals surface area contributed by atoms with E-state index in [0.29, 0.717) is 30.6 Å². The lowest BCUT2D eigenvalue weighted by molar-refractivity contribution is -0.141. The van der Waals surface area contributed by atoms with E-state index in [1.807, 2.05) is 20.8 Å². The monoisotopic (exact) mass is 322 g/mol. The van der Waals surface area contributed by atoms with Crippen LogP contribution >= 0.6 is 11.3 Å². The summed E-state index contributed by atoms with van der Waals surface area (Å²) in [6.07, 6.45) is -2.92. The van der Waals surface area contributed by atoms with Gasteiger partial charge in [0.25, 0.3) is 0 Å². The van der Waals surface area contributed by atoms with E-state index in [4.69, 9.17) is 4.74 Å². The topological polar surface area (TPSA) is 34.1 Å². The number of thiazole rings is 1. The third-order valence-corrected chi connectivity index (χ3v) is 4.35. The van der Waals surface area contributed by atoms with Crippen LogP contribution in [0, 0.1) is 5.92 Å². The molecule has 2 rings (SSSR count). The lowest BCUT2D eigenvalue weighted by Gasteiger charge is -2.20. The average molecular weight is 322 g/mol. The molecule has 0 amide bonds. The van der Waals surface area contributed by atoms with Gasteiger partial charge in [0, 0.05) is 31.7 Å². The highest BCUT2D eigenvalue weighted by Gasteiger charge is 2.37. The molecular formula is C14H21F3N2OS. The second kappa shape index (κ2) is 6.22. The van der Waals surface area contributed by atoms with Crippen molar-refractivity contribution in [3.05, 3.63) is 15.6 Å². The smallest absolute Gasteiger partial charge is 0.381 e. The first-order valence-electron chi connectivity index (χ1n) is 7.04. The Morgan fingerprint density at radius 2 is 2.05 bits per heavy atom. The SMILES string of the molecule is CC(C)(C)NCc1sc(CC2CCOC2)nc1C(F)(F)F. The summed E-state index contributed by atoms with van der Waals surface area (Å²) in [5, 5.41) is 3.66. The molecule has 3 nitrogen and oxygen atoms in total. The zero-order chi connectivity index (χ0) is 15.7. The Kier molecular flexibility index (Phi) is 4.95. The minimum atomic E-state index is -4.39. The summed E-state index contributed by atoms with van der Waals surface area (Å²) in [5.74, 6) is 0.292. The molecule has 0 aliphatic carbocycles. The summed E-state index contributed by atoms with van der Waals surface area (Å²) >= 11 is 1.16. The minimum absolute atomic E-state index is 0.192. The fraction of sp³-hybridized carbons (Fsp3) is 0.786. The number of hydrogen-bond acceptors (Lipinski definition) is 4. The van der Waals surface area contributed by atoms with Gasteiger partial charge in [0.1, 0.15) is 0 Å². The summed E-state index contributed by atoms with van der Waals surface area (Å²) in [6.45, 7) is 7.29. The number of halogens is 3. The Bertz CT molecular complexity index is 474. The zero-order valence-electron chi connectivity index (χ0n) is 12.5. The normalized spacial score (nSPS) is 20.2. The lowest BCUT2D eigenvalue weighted by Crippen LogP contribution is -2.35. The van der Waals surface area contributed by atoms with Gasteiger partial charge in [0.05, 0.1) is 9.88 Å². The number of aromatic nitrogens is 1. The third kappa shape index (κ3) is 4.93. The van der Waals surface area contributed by atoms with E-state index >= 15 is 0 Å². The van der Waals surface area contributed by atoms with E-state index in [9.17, 15) is 13.2 Å². The number of nitrogens with zero attached hydrogens (tertiary/aromatic N) is 1. The van der Waals surface area contributed by atoms with Crippen LogP contribution in [0.5, 0.6) is 0 Å². The van der Waals surface area contributed by atoms with E-state index in [1.165, 1.54) is 0 Å². The van der Waals surface area contributed by atoms with Gasteiger partial charge in [-0.2, -0.15) is 13.2 Å². The molecule has 1 unspecified atom stereocenters. The van der Waals surface area contributed by atoms with Gasteiger partial charge in [-0.25, -0.2) is 4.98 Å². The van der Waals surface area contributed by atoms with Crippen molar-refractivity contribution in [3.63, 3.8) is 0 Å². The molecule has 7 heteroatoms. The van der Waals surface area contributed by atoms with Crippen LogP contribution in [0.3, 0.4) is 0 Å². The molecule has 1 N–H and O–H groups in total. The second-order valence-electron chi connectivity index (χ2n) is 6.41. The van der Waals surface area contributed by atoms with Crippen molar-refractivity contribution < 1.29 is 17.9 Å². The maximum Gasteiger partial charge on any atom is 0.434 e. The van der Waals surface area contributed by atoms with Crippen LogP contribution in [0.1, 0.15) is 42.8 Å². The van der Waals surface area contributed by atoms with Gasteiger partial charge in [0.2, 0.25) is 0 Å². The van der Waals surface area contributed by atoms with Crippen LogP contribution in [-0.4, -0.2) is 23.7 Å². The second-order valence-corrected chi connectivity index (χ2v) is 7.58. The van der Waals surface area contributed by atoms with Gasteiger partial charge >= 0.3 is 6.18 Å². The molecule has 1 aliphatic rings. The Morgan fingerprint density at radius 3 is 2.57 bits per heavy atom. The predicted octanol–water partition coefficient (Wildman–Crippen LogP) is 3.63. The molecule has 0 spiro atoms. The standard InChI is InChI=1S/C14H21F3N2OS/c1-13(2,3)18-7-10-12(14(15,16)17)19-11(21-10)6-9-4-5-20-8-9/h9,18H,4-8H2,1-3H3. The average Bonchev–Trinajstić information content (AvgIpc) is 2.94. The first-order valence-corrected chi connectivity index (χ1v) is 7.85. The summed E-state index contributed by atoms with van der Waals surface area (Å²) in [6, 6.07) is 0. The number of hydrogen-bond donors (Lipinski definition) is 1. The number of alkyl halides is 3. The van der Waals surface area contributed by atoms with E-state index in [0.717, 1.165) is 17.8 Å². The van der Waals surface area contributed by atoms with E-state index in [1.54, 1.807) is 0 Å². The summed E-state index contributed by atoms with van der Waals surface area (Å²) in [7, 11) is 0. The van der Waals surface area contributed by atoms with Gasteiger partial charge in [-0.1, -0.05) is 0 Å². The van der Waals surface area contributed by atoms with E-state index in [-0.39, 0.29) is 17.0 Å². The van der Waals surface area contributed by atoms with Crippen molar-refractivity contribution >= 4 is 11.3 Å². The zero-order valence-corrected chi connectivity index (χ0v) is 13.3. The molecule has 0 bridgehead atoms. The van der Waals surface area contributed by atoms with Crippen molar-refractivity contribution in [3.8, 4) is 0 Å². The Balaban J connectivity index is 2.14. The van der Waals surface area contributed by atoms with Crippen LogP contribution in [-0.2, 0) is 23.9 Å². The molecule has 1 aromatic heterocycles. The molecular weight excluding hydrogens is 301 g/mol. The van der Waals surface area contributed by atoms with Crippen LogP contribution < -0.4 is 5.32 Å². The molecule has 0 saturated carbocycles. The fourth-order valence-electron chi connectivity index (χ4n) is 2.17. The van der Waals surface area contributed by atoms with Crippen molar-refractivity contribution in [2.75, 3.05) is 13.2 Å². The van der Waals surface area contributed by atoms with Crippen molar-refractivity contribution in [2.24, 2.45) is 5.92 Å². The van der Waals surface area contributed by atoms with Gasteiger partial charge in [-0.15, -0.1) is 11.3 Å². The highest BCUT2D eigenvalue weighted by Crippen LogP contribution is 2.35. The van der Waals surface area contributed by atoms with Gasteiger partial charge < -0.3 is 10.1 Å². The molecule has 21 heavy (non-hydrogen) atoms. The van der Waals surface area contributed by atoms with E-state index < -0.39 is 11.9 Å². The lowest BCUT2D eigenvalue weighted by atomic mass is 10.1. The molecule has 1 aliphatic heterocycles. The maximum absolute atomic E-state index is 13.1. The highest BCUT2D eigenvalue weighted by molar-refractivity contribution is 7.11. The van der Waals surface area contributed by atoms with Crippen LogP contribution in [0.2, 0.25) is 0 Å². The van der Waals surface area contributed by atoms with Gasteiger partial charge in [-0.05, 0) is 33.1 Å².